The third kappa shape index (κ3) is 7.14. The average molecular weight is 823 g/mol. The second-order valence-electron chi connectivity index (χ2n) is 14.7. The number of aliphatic hydroxyl groups excluding tert-OH is 1. The fraction of sp³-hybridized carbons (Fsp3) is 0.250. The van der Waals surface area contributed by atoms with E-state index >= 15 is 4.79 Å². The Labute approximate surface area is 352 Å². The molecule has 0 unspecified atom stereocenters. The predicted octanol–water partition coefficient (Wildman–Crippen LogP) is 6.00. The van der Waals surface area contributed by atoms with E-state index in [9.17, 15) is 24.6 Å². The lowest BCUT2D eigenvalue weighted by Gasteiger charge is -2.46. The van der Waals surface area contributed by atoms with Crippen LogP contribution >= 0.6 is 0 Å². The summed E-state index contributed by atoms with van der Waals surface area (Å²) in [6.45, 7) is -0.648. The van der Waals surface area contributed by atoms with Crippen molar-refractivity contribution in [2.24, 2.45) is 5.92 Å². The number of methoxy groups -OCH3 is 2. The molecule has 6 atom stereocenters. The molecule has 310 valence electrons. The van der Waals surface area contributed by atoms with Crippen LogP contribution in [0.15, 0.2) is 127 Å². The van der Waals surface area contributed by atoms with Crippen molar-refractivity contribution in [2.75, 3.05) is 45.5 Å². The van der Waals surface area contributed by atoms with Crippen molar-refractivity contribution in [3.63, 3.8) is 0 Å². The maximum absolute atomic E-state index is 15.9. The third-order valence-electron chi connectivity index (χ3n) is 11.4. The van der Waals surface area contributed by atoms with Gasteiger partial charge in [0, 0.05) is 23.8 Å². The lowest BCUT2D eigenvalue weighted by molar-refractivity contribution is -0.179. The largest absolute Gasteiger partial charge is 0.497 e. The Morgan fingerprint density at radius 3 is 2.10 bits per heavy atom. The highest BCUT2D eigenvalue weighted by molar-refractivity contribution is 6.23. The van der Waals surface area contributed by atoms with Crippen LogP contribution in [0.1, 0.15) is 51.6 Å². The highest BCUT2D eigenvalue weighted by atomic mass is 16.6. The maximum Gasteiger partial charge on any atom is 0.421 e. The Kier molecular flexibility index (Phi) is 11.6. The Balaban J connectivity index is 1.44. The monoisotopic (exact) mass is 822 g/mol. The zero-order valence-corrected chi connectivity index (χ0v) is 33.3. The number of ether oxygens (including phenoxy) is 5. The molecule has 3 heterocycles. The second-order valence-corrected chi connectivity index (χ2v) is 14.7. The normalized spacial score (nSPS) is 22.7. The number of fused-ring (bicyclic) bond motifs is 3. The second kappa shape index (κ2) is 17.3. The van der Waals surface area contributed by atoms with E-state index in [0.717, 1.165) is 4.90 Å². The van der Waals surface area contributed by atoms with Gasteiger partial charge in [-0.05, 0) is 65.2 Å². The molecule has 2 N–H and O–H groups in total. The SMILES string of the molecule is COCCOC(=O)N1C(=O)[C@@]2(c3cc(C#Cc4ccc(OC)cc4)ccc31)[C@H](c1ccccc1OCCO)N1[C@H](c3ccccc3)[C@H](c3ccccc3)OC(=O)[C@H]1[C@@H]2C(=O)O. The molecular weight excluding hydrogens is 781 g/mol. The summed E-state index contributed by atoms with van der Waals surface area (Å²) in [5, 5.41) is 21.5. The number of morpholine rings is 1. The van der Waals surface area contributed by atoms with Crippen molar-refractivity contribution in [2.45, 2.75) is 29.6 Å². The molecule has 0 saturated carbocycles. The number of carboxylic acids is 1. The van der Waals surface area contributed by atoms with Crippen LogP contribution in [0.2, 0.25) is 0 Å². The Hall–Kier alpha value is -6.98. The minimum atomic E-state index is -2.22. The van der Waals surface area contributed by atoms with Crippen LogP contribution in [0.5, 0.6) is 11.5 Å². The van der Waals surface area contributed by atoms with E-state index in [4.69, 9.17) is 23.7 Å². The number of imide groups is 1. The fourth-order valence-corrected chi connectivity index (χ4v) is 9.00. The number of anilines is 1. The van der Waals surface area contributed by atoms with Gasteiger partial charge in [-0.25, -0.2) is 9.69 Å². The molecule has 1 spiro atoms. The van der Waals surface area contributed by atoms with Crippen molar-refractivity contribution in [1.29, 1.82) is 0 Å². The first-order chi connectivity index (χ1) is 29.7. The van der Waals surface area contributed by atoms with E-state index in [1.165, 1.54) is 7.11 Å². The fourth-order valence-electron chi connectivity index (χ4n) is 9.00. The molecule has 13 heteroatoms. The Morgan fingerprint density at radius 1 is 0.770 bits per heavy atom. The van der Waals surface area contributed by atoms with Crippen LogP contribution in [0, 0.1) is 17.8 Å². The number of hydrogen-bond acceptors (Lipinski definition) is 11. The summed E-state index contributed by atoms with van der Waals surface area (Å²) in [7, 11) is 3.00. The topological polar surface area (TPSA) is 161 Å². The van der Waals surface area contributed by atoms with Gasteiger partial charge in [0.1, 0.15) is 48.2 Å². The molecule has 2 fully saturated rings. The van der Waals surface area contributed by atoms with Crippen LogP contribution in [-0.2, 0) is 34.0 Å². The number of hydrogen-bond donors (Lipinski definition) is 2. The van der Waals surface area contributed by atoms with Crippen molar-refractivity contribution in [1.82, 2.24) is 4.90 Å². The molecule has 0 aromatic heterocycles. The number of para-hydroxylation sites is 1. The smallest absolute Gasteiger partial charge is 0.421 e. The van der Waals surface area contributed by atoms with Crippen molar-refractivity contribution in [3.8, 4) is 23.3 Å². The summed E-state index contributed by atoms with van der Waals surface area (Å²) >= 11 is 0. The van der Waals surface area contributed by atoms with Gasteiger partial charge in [-0.2, -0.15) is 0 Å². The zero-order valence-electron chi connectivity index (χ0n) is 33.3. The minimum Gasteiger partial charge on any atom is -0.497 e. The van der Waals surface area contributed by atoms with Crippen molar-refractivity contribution in [3.05, 3.63) is 161 Å². The van der Waals surface area contributed by atoms with E-state index < -0.39 is 59.5 Å². The summed E-state index contributed by atoms with van der Waals surface area (Å²) in [5.41, 5.74) is 0.699. The number of amides is 2. The highest BCUT2D eigenvalue weighted by Gasteiger charge is 2.76. The lowest BCUT2D eigenvalue weighted by atomic mass is 9.65. The van der Waals surface area contributed by atoms with Crippen LogP contribution in [0.3, 0.4) is 0 Å². The molecule has 0 aliphatic carbocycles. The average Bonchev–Trinajstić information content (AvgIpc) is 3.74. The summed E-state index contributed by atoms with van der Waals surface area (Å²) in [6.07, 6.45) is -2.03. The molecule has 2 amide bonds. The number of aliphatic carboxylic acids is 1. The minimum absolute atomic E-state index is 0.0307. The molecule has 3 aliphatic heterocycles. The molecule has 0 radical (unpaired) electrons. The van der Waals surface area contributed by atoms with E-state index in [2.05, 4.69) is 11.8 Å². The van der Waals surface area contributed by atoms with Gasteiger partial charge in [-0.1, -0.05) is 90.7 Å². The number of carbonyl (C=O) groups excluding carboxylic acids is 3. The number of aliphatic hydroxyl groups is 1. The first-order valence-corrected chi connectivity index (χ1v) is 19.7. The van der Waals surface area contributed by atoms with Crippen molar-refractivity contribution >= 4 is 29.6 Å². The molecule has 61 heavy (non-hydrogen) atoms. The maximum atomic E-state index is 15.9. The number of carbonyl (C=O) groups is 4. The molecular formula is C48H42N2O11. The lowest BCUT2D eigenvalue weighted by Crippen LogP contribution is -2.53. The van der Waals surface area contributed by atoms with Gasteiger partial charge in [0.05, 0.1) is 38.1 Å². The van der Waals surface area contributed by atoms with E-state index in [-0.39, 0.29) is 43.4 Å². The first kappa shape index (κ1) is 40.8. The van der Waals surface area contributed by atoms with Crippen LogP contribution in [0.4, 0.5) is 10.5 Å². The molecule has 5 aromatic carbocycles. The van der Waals surface area contributed by atoms with E-state index in [0.29, 0.717) is 33.6 Å². The highest BCUT2D eigenvalue weighted by Crippen LogP contribution is 2.66. The third-order valence-corrected chi connectivity index (χ3v) is 11.4. The molecule has 5 aromatic rings. The summed E-state index contributed by atoms with van der Waals surface area (Å²) in [6, 6.07) is 33.3. The van der Waals surface area contributed by atoms with Gasteiger partial charge in [0.15, 0.2) is 0 Å². The van der Waals surface area contributed by atoms with E-state index in [1.807, 2.05) is 60.7 Å². The van der Waals surface area contributed by atoms with E-state index in [1.54, 1.807) is 78.7 Å². The first-order valence-electron chi connectivity index (χ1n) is 19.7. The standard InChI is InChI=1S/C48H42N2O11/c1-57-27-28-60-47(56)49-37-24-21-31(18-17-30-19-22-34(58-2)23-20-30)29-36(37)48(46(49)55)39(44(52)53)41-45(54)61-42(33-13-7-4-8-14-33)40(32-11-5-3-6-12-32)50(41)43(48)35-15-9-10-16-38(35)59-26-25-51/h3-16,19-24,29,39-43,51H,25-28H2,1-2H3,(H,52,53)/t39-,40-,41-,42+,43+,48-/m1/s1. The number of rotatable bonds is 11. The van der Waals surface area contributed by atoms with Crippen LogP contribution in [-0.4, -0.2) is 85.7 Å². The van der Waals surface area contributed by atoms with Crippen molar-refractivity contribution < 1.29 is 53.1 Å². The van der Waals surface area contributed by atoms with Gasteiger partial charge in [0.2, 0.25) is 5.91 Å². The number of cyclic esters (lactones) is 1. The van der Waals surface area contributed by atoms with Gasteiger partial charge in [-0.3, -0.25) is 19.3 Å². The van der Waals surface area contributed by atoms with Gasteiger partial charge in [-0.15, -0.1) is 0 Å². The molecule has 0 bridgehead atoms. The quantitative estimate of drug-likeness (QED) is 0.0910. The number of benzene rings is 5. The molecule has 13 nitrogen and oxygen atoms in total. The number of carboxylic acid groups (broad SMARTS) is 1. The molecule has 8 rings (SSSR count). The Bertz CT molecular complexity index is 2500. The van der Waals surface area contributed by atoms with Gasteiger partial charge in [0.25, 0.3) is 0 Å². The number of nitrogens with zero attached hydrogens (tertiary/aromatic N) is 2. The van der Waals surface area contributed by atoms with Crippen LogP contribution in [0.25, 0.3) is 0 Å². The summed E-state index contributed by atoms with van der Waals surface area (Å²) < 4.78 is 28.5. The van der Waals surface area contributed by atoms with Gasteiger partial charge >= 0.3 is 18.0 Å². The molecule has 3 aliphatic rings. The van der Waals surface area contributed by atoms with Crippen LogP contribution < -0.4 is 14.4 Å². The van der Waals surface area contributed by atoms with Gasteiger partial charge < -0.3 is 33.9 Å². The number of esters is 1. The Morgan fingerprint density at radius 2 is 1.43 bits per heavy atom. The molecule has 2 saturated heterocycles. The predicted molar refractivity (Wildman–Crippen MR) is 221 cm³/mol. The summed E-state index contributed by atoms with van der Waals surface area (Å²) in [4.78, 5) is 61.8. The summed E-state index contributed by atoms with van der Waals surface area (Å²) in [5.74, 6) is 2.05. The zero-order chi connectivity index (χ0) is 42.7.